The molecule has 0 radical (unpaired) electrons. The largest absolute Gasteiger partial charge is 0.395 e. The molecule has 0 atom stereocenters. The average molecular weight is 271 g/mol. The number of aliphatic hydroxyl groups excluding tert-OH is 1. The zero-order chi connectivity index (χ0) is 13.4. The summed E-state index contributed by atoms with van der Waals surface area (Å²) in [6.07, 6.45) is 3.78. The predicted octanol–water partition coefficient (Wildman–Crippen LogP) is 1.76. The molecule has 6 heteroatoms. The molecule has 1 aromatic heterocycles. The molecule has 0 aliphatic rings. The quantitative estimate of drug-likeness (QED) is 0.794. The number of carbonyl (C=O) groups excluding carboxylic acids is 1. The lowest BCUT2D eigenvalue weighted by Crippen LogP contribution is -2.41. The van der Waals surface area contributed by atoms with E-state index in [0.717, 1.165) is 22.7 Å². The number of aryl methyl sites for hydroxylation is 1. The molecule has 0 saturated heterocycles. The van der Waals surface area contributed by atoms with Crippen molar-refractivity contribution in [3.63, 3.8) is 0 Å². The van der Waals surface area contributed by atoms with Crippen molar-refractivity contribution in [1.29, 1.82) is 0 Å². The zero-order valence-electron chi connectivity index (χ0n) is 11.0. The number of hydrogen-bond donors (Lipinski definition) is 2. The first-order valence-corrected chi connectivity index (χ1v) is 7.04. The maximum Gasteiger partial charge on any atom is 0.317 e. The van der Waals surface area contributed by atoms with Crippen molar-refractivity contribution in [2.75, 3.05) is 19.7 Å². The summed E-state index contributed by atoms with van der Waals surface area (Å²) in [6, 6.07) is -0.134. The minimum atomic E-state index is -0.134. The number of unbranched alkanes of at least 4 members (excludes halogenated alkanes) is 1. The van der Waals surface area contributed by atoms with Crippen LogP contribution in [0.2, 0.25) is 0 Å². The smallest absolute Gasteiger partial charge is 0.317 e. The van der Waals surface area contributed by atoms with Crippen molar-refractivity contribution < 1.29 is 9.90 Å². The van der Waals surface area contributed by atoms with Gasteiger partial charge in [0.1, 0.15) is 5.01 Å². The molecule has 0 aromatic carbocycles. The van der Waals surface area contributed by atoms with Crippen molar-refractivity contribution in [2.45, 2.75) is 33.2 Å². The molecule has 5 nitrogen and oxygen atoms in total. The minimum absolute atomic E-state index is 0.00645. The molecular formula is C12H21N3O2S. The monoisotopic (exact) mass is 271 g/mol. The molecule has 1 rings (SSSR count). The first-order valence-electron chi connectivity index (χ1n) is 6.22. The van der Waals surface area contributed by atoms with Crippen LogP contribution in [-0.4, -0.2) is 40.7 Å². The third-order valence-electron chi connectivity index (χ3n) is 2.50. The Bertz CT molecular complexity index is 368. The molecule has 102 valence electrons. The normalized spacial score (nSPS) is 10.4. The van der Waals surface area contributed by atoms with Crippen LogP contribution in [0.3, 0.4) is 0 Å². The summed E-state index contributed by atoms with van der Waals surface area (Å²) in [5, 5.41) is 12.7. The Morgan fingerprint density at radius 3 is 2.89 bits per heavy atom. The maximum absolute atomic E-state index is 11.9. The lowest BCUT2D eigenvalue weighted by molar-refractivity contribution is 0.176. The van der Waals surface area contributed by atoms with Gasteiger partial charge in [-0.05, 0) is 13.3 Å². The van der Waals surface area contributed by atoms with Crippen LogP contribution in [0.5, 0.6) is 0 Å². The van der Waals surface area contributed by atoms with E-state index in [-0.39, 0.29) is 12.6 Å². The number of hydrogen-bond acceptors (Lipinski definition) is 4. The second-order valence-corrected chi connectivity index (χ2v) is 5.41. The van der Waals surface area contributed by atoms with Crippen LogP contribution in [0.15, 0.2) is 6.20 Å². The molecular weight excluding hydrogens is 250 g/mol. The molecule has 1 heterocycles. The van der Waals surface area contributed by atoms with Gasteiger partial charge < -0.3 is 15.3 Å². The molecule has 0 bridgehead atoms. The van der Waals surface area contributed by atoms with Gasteiger partial charge in [0.25, 0.3) is 0 Å². The van der Waals surface area contributed by atoms with Crippen molar-refractivity contribution in [1.82, 2.24) is 15.2 Å². The van der Waals surface area contributed by atoms with Crippen molar-refractivity contribution in [2.24, 2.45) is 0 Å². The minimum Gasteiger partial charge on any atom is -0.395 e. The number of aliphatic hydroxyl groups is 1. The average Bonchev–Trinajstić information content (AvgIpc) is 2.77. The topological polar surface area (TPSA) is 65.5 Å². The lowest BCUT2D eigenvalue weighted by atomic mass is 10.3. The van der Waals surface area contributed by atoms with E-state index in [4.69, 9.17) is 5.11 Å². The van der Waals surface area contributed by atoms with Gasteiger partial charge in [0.2, 0.25) is 0 Å². The summed E-state index contributed by atoms with van der Waals surface area (Å²) in [5.74, 6) is 0. The van der Waals surface area contributed by atoms with Gasteiger partial charge in [-0.1, -0.05) is 13.3 Å². The molecule has 0 saturated carbocycles. The fourth-order valence-corrected chi connectivity index (χ4v) is 2.26. The summed E-state index contributed by atoms with van der Waals surface area (Å²) < 4.78 is 0. The van der Waals surface area contributed by atoms with E-state index in [1.54, 1.807) is 22.4 Å². The van der Waals surface area contributed by atoms with Gasteiger partial charge in [0, 0.05) is 24.2 Å². The summed E-state index contributed by atoms with van der Waals surface area (Å²) in [7, 11) is 0. The molecule has 0 aliphatic carbocycles. The summed E-state index contributed by atoms with van der Waals surface area (Å²) in [5.41, 5.74) is 0. The van der Waals surface area contributed by atoms with Crippen LogP contribution in [0.4, 0.5) is 4.79 Å². The zero-order valence-corrected chi connectivity index (χ0v) is 11.8. The third kappa shape index (κ3) is 5.01. The van der Waals surface area contributed by atoms with Gasteiger partial charge in [0.15, 0.2) is 0 Å². The molecule has 0 unspecified atom stereocenters. The van der Waals surface area contributed by atoms with Crippen LogP contribution >= 0.6 is 11.3 Å². The molecule has 2 N–H and O–H groups in total. The highest BCUT2D eigenvalue weighted by atomic mass is 32.1. The van der Waals surface area contributed by atoms with E-state index >= 15 is 0 Å². The van der Waals surface area contributed by atoms with E-state index in [1.165, 1.54) is 0 Å². The van der Waals surface area contributed by atoms with Gasteiger partial charge in [-0.25, -0.2) is 9.78 Å². The molecule has 0 aliphatic heterocycles. The van der Waals surface area contributed by atoms with Crippen molar-refractivity contribution >= 4 is 17.4 Å². The first kappa shape index (κ1) is 14.9. The molecule has 18 heavy (non-hydrogen) atoms. The van der Waals surface area contributed by atoms with E-state index < -0.39 is 0 Å². The van der Waals surface area contributed by atoms with Crippen molar-refractivity contribution in [3.05, 3.63) is 16.1 Å². The number of carbonyl (C=O) groups is 1. The summed E-state index contributed by atoms with van der Waals surface area (Å²) in [4.78, 5) is 18.9. The van der Waals surface area contributed by atoms with Crippen LogP contribution in [0.25, 0.3) is 0 Å². The van der Waals surface area contributed by atoms with E-state index in [0.29, 0.717) is 19.6 Å². The number of aromatic nitrogens is 1. The molecule has 2 amide bonds. The van der Waals surface area contributed by atoms with E-state index in [1.807, 2.05) is 6.92 Å². The molecule has 0 spiro atoms. The van der Waals surface area contributed by atoms with E-state index in [9.17, 15) is 4.79 Å². The number of amides is 2. The van der Waals surface area contributed by atoms with Gasteiger partial charge in [-0.3, -0.25) is 0 Å². The second kappa shape index (κ2) is 8.05. The Hall–Kier alpha value is -1.14. The van der Waals surface area contributed by atoms with Crippen LogP contribution < -0.4 is 5.32 Å². The fraction of sp³-hybridized carbons (Fsp3) is 0.667. The lowest BCUT2D eigenvalue weighted by Gasteiger charge is -2.21. The van der Waals surface area contributed by atoms with Gasteiger partial charge >= 0.3 is 6.03 Å². The first-order chi connectivity index (χ1) is 8.67. The number of urea groups is 1. The molecule has 0 fully saturated rings. The highest BCUT2D eigenvalue weighted by molar-refractivity contribution is 7.11. The Morgan fingerprint density at radius 2 is 2.33 bits per heavy atom. The van der Waals surface area contributed by atoms with Gasteiger partial charge in [-0.15, -0.1) is 11.3 Å². The summed E-state index contributed by atoms with van der Waals surface area (Å²) in [6.45, 7) is 5.57. The Morgan fingerprint density at radius 1 is 1.56 bits per heavy atom. The van der Waals surface area contributed by atoms with E-state index in [2.05, 4.69) is 17.2 Å². The fourth-order valence-electron chi connectivity index (χ4n) is 1.53. The van der Waals surface area contributed by atoms with Gasteiger partial charge in [0.05, 0.1) is 13.2 Å². The van der Waals surface area contributed by atoms with Gasteiger partial charge in [-0.2, -0.15) is 0 Å². The SMILES string of the molecule is CCCCN(CCO)C(=O)NCc1ncc(C)s1. The Labute approximate surface area is 112 Å². The highest BCUT2D eigenvalue weighted by Crippen LogP contribution is 2.10. The Kier molecular flexibility index (Phi) is 6.67. The molecule has 1 aromatic rings. The van der Waals surface area contributed by atoms with Crippen LogP contribution in [0, 0.1) is 6.92 Å². The van der Waals surface area contributed by atoms with Crippen molar-refractivity contribution in [3.8, 4) is 0 Å². The maximum atomic E-state index is 11.9. The standard InChI is InChI=1S/C12H21N3O2S/c1-3-4-5-15(6-7-16)12(17)14-9-11-13-8-10(2)18-11/h8,16H,3-7,9H2,1-2H3,(H,14,17). The van der Waals surface area contributed by atoms with Crippen LogP contribution in [0.1, 0.15) is 29.7 Å². The summed E-state index contributed by atoms with van der Waals surface area (Å²) >= 11 is 1.58. The van der Waals surface area contributed by atoms with Crippen LogP contribution in [-0.2, 0) is 6.54 Å². The predicted molar refractivity (Wildman–Crippen MR) is 72.7 cm³/mol. The number of rotatable bonds is 7. The third-order valence-corrected chi connectivity index (χ3v) is 3.41. The number of nitrogens with zero attached hydrogens (tertiary/aromatic N) is 2. The highest BCUT2D eigenvalue weighted by Gasteiger charge is 2.12. The number of nitrogens with one attached hydrogen (secondary N) is 1. The number of thiazole rings is 1. The second-order valence-electron chi connectivity index (χ2n) is 4.09. The Balaban J connectivity index is 2.40.